The van der Waals surface area contributed by atoms with Gasteiger partial charge in [-0.25, -0.2) is 19.3 Å². The number of amides is 1. The number of rotatable bonds is 3. The molecule has 0 aromatic carbocycles. The monoisotopic (exact) mass is 402 g/mol. The molecule has 0 aliphatic carbocycles. The van der Waals surface area contributed by atoms with Crippen molar-refractivity contribution < 1.29 is 9.18 Å². The first-order valence-electron chi connectivity index (χ1n) is 9.78. The summed E-state index contributed by atoms with van der Waals surface area (Å²) in [6, 6.07) is 0.572. The predicted octanol–water partition coefficient (Wildman–Crippen LogP) is 1.62. The summed E-state index contributed by atoms with van der Waals surface area (Å²) < 4.78 is 13.1. The second-order valence-corrected chi connectivity index (χ2v) is 9.14. The number of hydrogen-bond acceptors (Lipinski definition) is 7. The fourth-order valence-corrected chi connectivity index (χ4v) is 5.71. The van der Waals surface area contributed by atoms with Crippen LogP contribution in [0.4, 0.5) is 10.3 Å². The third-order valence-electron chi connectivity index (χ3n) is 5.95. The van der Waals surface area contributed by atoms with Crippen LogP contribution in [0.1, 0.15) is 28.4 Å². The highest BCUT2D eigenvalue weighted by molar-refractivity contribution is 7.11. The molecule has 148 valence electrons. The molecule has 7 nitrogen and oxygen atoms in total. The maximum absolute atomic E-state index is 13.1. The fourth-order valence-electron chi connectivity index (χ4n) is 4.71. The number of halogens is 1. The smallest absolute Gasteiger partial charge is 0.237 e. The minimum absolute atomic E-state index is 0.197. The number of aromatic nitrogens is 3. The highest BCUT2D eigenvalue weighted by atomic mass is 32.1. The van der Waals surface area contributed by atoms with Crippen LogP contribution in [-0.4, -0.2) is 68.9 Å². The summed E-state index contributed by atoms with van der Waals surface area (Å²) in [6.45, 7) is 5.57. The van der Waals surface area contributed by atoms with Crippen molar-refractivity contribution in [3.05, 3.63) is 33.8 Å². The number of thiazole rings is 1. The standard InChI is InChI=1S/C19H23FN6OS/c1-12-23-16-4-5-25(10-17(16)28-12)18(27)11-24-8-14-2-3-15(9-24)26(14)19-21-6-13(20)7-22-19/h6-7,14-15H,2-5,8-11H2,1H3. The maximum Gasteiger partial charge on any atom is 0.237 e. The number of fused-ring (bicyclic) bond motifs is 3. The molecule has 2 aromatic rings. The normalized spacial score (nSPS) is 24.5. The zero-order chi connectivity index (χ0) is 19.3. The van der Waals surface area contributed by atoms with Crippen LogP contribution < -0.4 is 4.90 Å². The van der Waals surface area contributed by atoms with Crippen molar-refractivity contribution in [3.63, 3.8) is 0 Å². The molecule has 3 aliphatic rings. The van der Waals surface area contributed by atoms with E-state index in [4.69, 9.17) is 0 Å². The van der Waals surface area contributed by atoms with Crippen LogP contribution in [-0.2, 0) is 17.8 Å². The highest BCUT2D eigenvalue weighted by Gasteiger charge is 2.42. The summed E-state index contributed by atoms with van der Waals surface area (Å²) in [5.41, 5.74) is 1.16. The molecule has 1 amide bonds. The molecule has 5 rings (SSSR count). The molecule has 2 unspecified atom stereocenters. The van der Waals surface area contributed by atoms with Crippen LogP contribution in [0.3, 0.4) is 0 Å². The SMILES string of the molecule is Cc1nc2c(s1)CN(C(=O)CN1CC3CCC(C1)N3c1ncc(F)cn1)CC2. The van der Waals surface area contributed by atoms with E-state index in [-0.39, 0.29) is 18.0 Å². The highest BCUT2D eigenvalue weighted by Crippen LogP contribution is 2.33. The van der Waals surface area contributed by atoms with Crippen LogP contribution in [0.2, 0.25) is 0 Å². The van der Waals surface area contributed by atoms with Crippen LogP contribution in [0.15, 0.2) is 12.4 Å². The fraction of sp³-hybridized carbons (Fsp3) is 0.579. The van der Waals surface area contributed by atoms with Crippen LogP contribution in [0.5, 0.6) is 0 Å². The predicted molar refractivity (Wildman–Crippen MR) is 104 cm³/mol. The van der Waals surface area contributed by atoms with Gasteiger partial charge < -0.3 is 9.80 Å². The number of anilines is 1. The Bertz CT molecular complexity index is 873. The van der Waals surface area contributed by atoms with E-state index >= 15 is 0 Å². The van der Waals surface area contributed by atoms with Gasteiger partial charge in [-0.15, -0.1) is 11.3 Å². The van der Waals surface area contributed by atoms with Crippen LogP contribution in [0.25, 0.3) is 0 Å². The Hall–Kier alpha value is -2.13. The molecular weight excluding hydrogens is 379 g/mol. The Kier molecular flexibility index (Phi) is 4.51. The Morgan fingerprint density at radius 1 is 1.25 bits per heavy atom. The lowest BCUT2D eigenvalue weighted by Crippen LogP contribution is -2.56. The summed E-state index contributed by atoms with van der Waals surface area (Å²) >= 11 is 1.70. The molecule has 2 atom stereocenters. The van der Waals surface area contributed by atoms with E-state index < -0.39 is 5.82 Å². The average molecular weight is 402 g/mol. The van der Waals surface area contributed by atoms with Gasteiger partial charge in [0.05, 0.1) is 36.2 Å². The topological polar surface area (TPSA) is 65.5 Å². The van der Waals surface area contributed by atoms with Crippen molar-refractivity contribution in [1.29, 1.82) is 0 Å². The van der Waals surface area contributed by atoms with Gasteiger partial charge in [-0.3, -0.25) is 9.69 Å². The molecule has 0 radical (unpaired) electrons. The number of hydrogen-bond donors (Lipinski definition) is 0. The first-order chi connectivity index (χ1) is 13.6. The number of likely N-dealkylation sites (tertiary alicyclic amines) is 1. The Labute approximate surface area is 167 Å². The zero-order valence-corrected chi connectivity index (χ0v) is 16.7. The molecule has 5 heterocycles. The number of nitrogens with zero attached hydrogens (tertiary/aromatic N) is 6. The Morgan fingerprint density at radius 3 is 2.68 bits per heavy atom. The third-order valence-corrected chi connectivity index (χ3v) is 6.94. The molecule has 0 saturated carbocycles. The van der Waals surface area contributed by atoms with Crippen LogP contribution >= 0.6 is 11.3 Å². The lowest BCUT2D eigenvalue weighted by molar-refractivity contribution is -0.133. The summed E-state index contributed by atoms with van der Waals surface area (Å²) in [7, 11) is 0. The van der Waals surface area contributed by atoms with Gasteiger partial charge in [-0.1, -0.05) is 0 Å². The molecule has 2 fully saturated rings. The number of aryl methyl sites for hydroxylation is 1. The Morgan fingerprint density at radius 2 is 1.96 bits per heavy atom. The molecule has 0 spiro atoms. The summed E-state index contributed by atoms with van der Waals surface area (Å²) in [5, 5.41) is 1.08. The van der Waals surface area contributed by atoms with E-state index in [1.807, 2.05) is 11.8 Å². The minimum Gasteiger partial charge on any atom is -0.336 e. The second kappa shape index (κ2) is 7.04. The van der Waals surface area contributed by atoms with E-state index in [0.29, 0.717) is 19.0 Å². The molecule has 3 aliphatic heterocycles. The van der Waals surface area contributed by atoms with E-state index in [0.717, 1.165) is 49.6 Å². The van der Waals surface area contributed by atoms with Crippen molar-refractivity contribution in [2.24, 2.45) is 0 Å². The maximum atomic E-state index is 13.1. The Balaban J connectivity index is 1.22. The van der Waals surface area contributed by atoms with E-state index in [2.05, 4.69) is 24.8 Å². The van der Waals surface area contributed by atoms with Crippen molar-refractivity contribution in [3.8, 4) is 0 Å². The summed E-state index contributed by atoms with van der Waals surface area (Å²) in [4.78, 5) is 33.5. The van der Waals surface area contributed by atoms with Crippen molar-refractivity contribution in [1.82, 2.24) is 24.8 Å². The number of carbonyl (C=O) groups is 1. The molecular formula is C19H23FN6OS. The molecule has 2 bridgehead atoms. The largest absolute Gasteiger partial charge is 0.336 e. The van der Waals surface area contributed by atoms with Crippen molar-refractivity contribution in [2.75, 3.05) is 31.1 Å². The van der Waals surface area contributed by atoms with Crippen molar-refractivity contribution >= 4 is 23.2 Å². The van der Waals surface area contributed by atoms with Crippen molar-refractivity contribution in [2.45, 2.75) is 44.8 Å². The summed E-state index contributed by atoms with van der Waals surface area (Å²) in [5.74, 6) is 0.382. The number of carbonyl (C=O) groups excluding carboxylic acids is 1. The van der Waals surface area contributed by atoms with E-state index in [9.17, 15) is 9.18 Å². The quantitative estimate of drug-likeness (QED) is 0.777. The molecule has 0 N–H and O–H groups in total. The molecule has 28 heavy (non-hydrogen) atoms. The van der Waals surface area contributed by atoms with Gasteiger partial charge in [0.15, 0.2) is 5.82 Å². The van der Waals surface area contributed by atoms with Gasteiger partial charge in [-0.2, -0.15) is 0 Å². The third kappa shape index (κ3) is 3.26. The van der Waals surface area contributed by atoms with Gasteiger partial charge >= 0.3 is 0 Å². The van der Waals surface area contributed by atoms with Gasteiger partial charge in [0.25, 0.3) is 0 Å². The first-order valence-corrected chi connectivity index (χ1v) is 10.6. The zero-order valence-electron chi connectivity index (χ0n) is 15.8. The van der Waals surface area contributed by atoms with Gasteiger partial charge in [0, 0.05) is 43.0 Å². The second-order valence-electron chi connectivity index (χ2n) is 7.86. The van der Waals surface area contributed by atoms with Crippen LogP contribution in [0, 0.1) is 12.7 Å². The average Bonchev–Trinajstić information content (AvgIpc) is 3.17. The summed E-state index contributed by atoms with van der Waals surface area (Å²) in [6.07, 6.45) is 5.42. The lowest BCUT2D eigenvalue weighted by Gasteiger charge is -2.41. The van der Waals surface area contributed by atoms with Gasteiger partial charge in [-0.05, 0) is 19.8 Å². The number of piperazine rings is 1. The van der Waals surface area contributed by atoms with E-state index in [1.54, 1.807) is 11.3 Å². The van der Waals surface area contributed by atoms with Gasteiger partial charge in [0.1, 0.15) is 0 Å². The van der Waals surface area contributed by atoms with Gasteiger partial charge in [0.2, 0.25) is 11.9 Å². The lowest BCUT2D eigenvalue weighted by atomic mass is 10.1. The van der Waals surface area contributed by atoms with E-state index in [1.165, 1.54) is 17.3 Å². The first kappa shape index (κ1) is 17.9. The molecule has 2 aromatic heterocycles. The molecule has 2 saturated heterocycles. The minimum atomic E-state index is -0.416. The molecule has 9 heteroatoms.